The van der Waals surface area contributed by atoms with Gasteiger partial charge < -0.3 is 0 Å². The highest BCUT2D eigenvalue weighted by Crippen LogP contribution is 2.57. The Hall–Kier alpha value is -3.89. The van der Waals surface area contributed by atoms with Crippen LogP contribution in [0.4, 0.5) is 0 Å². The lowest BCUT2D eigenvalue weighted by Gasteiger charge is -2.27. The van der Waals surface area contributed by atoms with Crippen molar-refractivity contribution in [2.45, 2.75) is 6.16 Å². The molecule has 168 valence electrons. The first-order chi connectivity index (χ1) is 16.5. The van der Waals surface area contributed by atoms with Crippen LogP contribution < -0.4 is 27.2 Å². The van der Waals surface area contributed by atoms with Crippen LogP contribution in [0.1, 0.15) is 5.69 Å². The summed E-state index contributed by atoms with van der Waals surface area (Å²) in [5.41, 5.74) is 0.359. The fraction of sp³-hybridized carbons (Fsp3) is 0.111. The number of nitrogens with zero attached hydrogens (tertiary/aromatic N) is 4. The molecule has 3 aromatic carbocycles. The molecule has 6 nitrogen and oxygen atoms in total. The Balaban J connectivity index is 1.80. The average molecular weight is 467 g/mol. The van der Waals surface area contributed by atoms with Crippen molar-refractivity contribution in [1.82, 2.24) is 19.1 Å². The monoisotopic (exact) mass is 467 g/mol. The van der Waals surface area contributed by atoms with E-state index in [2.05, 4.69) is 77.8 Å². The third kappa shape index (κ3) is 3.57. The molecule has 0 amide bonds. The van der Waals surface area contributed by atoms with E-state index in [1.165, 1.54) is 27.5 Å². The molecule has 0 unspecified atom stereocenters. The molecule has 7 heteroatoms. The van der Waals surface area contributed by atoms with E-state index in [1.54, 1.807) is 13.2 Å². The van der Waals surface area contributed by atoms with Gasteiger partial charge in [0.25, 0.3) is 5.56 Å². The average Bonchev–Trinajstić information content (AvgIpc) is 2.91. The third-order valence-electron chi connectivity index (χ3n) is 6.19. The molecule has 5 rings (SSSR count). The van der Waals surface area contributed by atoms with Crippen molar-refractivity contribution in [3.63, 3.8) is 0 Å². The second-order valence-corrected chi connectivity index (χ2v) is 11.7. The van der Waals surface area contributed by atoms with E-state index in [9.17, 15) is 9.59 Å². The van der Waals surface area contributed by atoms with E-state index in [0.717, 1.165) is 4.57 Å². The lowest BCUT2D eigenvalue weighted by Crippen LogP contribution is -2.38. The molecule has 0 atom stereocenters. The van der Waals surface area contributed by atoms with Crippen LogP contribution in [-0.4, -0.2) is 19.1 Å². The van der Waals surface area contributed by atoms with Crippen LogP contribution in [0.2, 0.25) is 0 Å². The minimum Gasteiger partial charge on any atom is -0.279 e. The topological polar surface area (TPSA) is 69.8 Å². The Morgan fingerprint density at radius 2 is 1.18 bits per heavy atom. The number of fused-ring (bicyclic) bond motifs is 1. The smallest absolute Gasteiger partial charge is 0.279 e. The van der Waals surface area contributed by atoms with E-state index in [4.69, 9.17) is 4.98 Å². The van der Waals surface area contributed by atoms with Crippen LogP contribution in [0.5, 0.6) is 0 Å². The summed E-state index contributed by atoms with van der Waals surface area (Å²) < 4.78 is 2.44. The number of aryl methyl sites for hydroxylation is 1. The SMILES string of the molecule is Cn1c(=O)c2nc(C[P+](c3ccccc3)(c3ccccc3)c3ccccc3)cnc2n(C)c1=O. The first-order valence-electron chi connectivity index (χ1n) is 11.0. The van der Waals surface area contributed by atoms with E-state index < -0.39 is 18.5 Å². The summed E-state index contributed by atoms with van der Waals surface area (Å²) >= 11 is 0. The summed E-state index contributed by atoms with van der Waals surface area (Å²) in [5, 5.41) is 3.67. The van der Waals surface area contributed by atoms with Gasteiger partial charge in [0.15, 0.2) is 11.2 Å². The van der Waals surface area contributed by atoms with Crippen molar-refractivity contribution in [3.8, 4) is 0 Å². The van der Waals surface area contributed by atoms with E-state index in [0.29, 0.717) is 17.5 Å². The summed E-state index contributed by atoms with van der Waals surface area (Å²) in [5.74, 6) is 0. The second-order valence-electron chi connectivity index (χ2n) is 8.21. The molecule has 0 N–H and O–H groups in total. The number of hydrogen-bond acceptors (Lipinski definition) is 4. The zero-order valence-electron chi connectivity index (χ0n) is 19.0. The predicted octanol–water partition coefficient (Wildman–Crippen LogP) is 2.52. The Bertz CT molecular complexity index is 1480. The molecule has 0 radical (unpaired) electrons. The van der Waals surface area contributed by atoms with Crippen LogP contribution in [0.15, 0.2) is 107 Å². The van der Waals surface area contributed by atoms with Crippen molar-refractivity contribution in [2.24, 2.45) is 14.1 Å². The minimum atomic E-state index is -2.18. The Morgan fingerprint density at radius 1 is 0.706 bits per heavy atom. The number of aromatic nitrogens is 4. The van der Waals surface area contributed by atoms with Crippen LogP contribution in [0.3, 0.4) is 0 Å². The molecule has 0 aliphatic rings. The molecule has 2 aromatic heterocycles. The zero-order chi connectivity index (χ0) is 23.7. The maximum absolute atomic E-state index is 12.9. The fourth-order valence-electron chi connectivity index (χ4n) is 4.46. The molecule has 0 saturated carbocycles. The second kappa shape index (κ2) is 8.81. The predicted molar refractivity (Wildman–Crippen MR) is 139 cm³/mol. The molecule has 0 spiro atoms. The summed E-state index contributed by atoms with van der Waals surface area (Å²) in [7, 11) is 0.889. The number of benzene rings is 3. The van der Waals surface area contributed by atoms with Crippen molar-refractivity contribution in [3.05, 3.63) is 124 Å². The molecule has 34 heavy (non-hydrogen) atoms. The normalized spacial score (nSPS) is 11.6. The molecule has 0 aliphatic heterocycles. The van der Waals surface area contributed by atoms with Crippen LogP contribution >= 0.6 is 7.26 Å². The lowest BCUT2D eigenvalue weighted by atomic mass is 10.3. The van der Waals surface area contributed by atoms with Gasteiger partial charge in [0.1, 0.15) is 29.3 Å². The molecular formula is C27H24N4O2P+. The molecular weight excluding hydrogens is 443 g/mol. The maximum Gasteiger partial charge on any atom is 0.332 e. The zero-order valence-corrected chi connectivity index (χ0v) is 19.9. The minimum absolute atomic E-state index is 0.203. The van der Waals surface area contributed by atoms with Crippen molar-refractivity contribution in [1.29, 1.82) is 0 Å². The number of hydrogen-bond donors (Lipinski definition) is 0. The van der Waals surface area contributed by atoms with Gasteiger partial charge in [0, 0.05) is 14.1 Å². The molecule has 5 aromatic rings. The van der Waals surface area contributed by atoms with Crippen molar-refractivity contribution < 1.29 is 0 Å². The first kappa shape index (κ1) is 21.9. The summed E-state index contributed by atoms with van der Waals surface area (Å²) in [6.07, 6.45) is 2.30. The summed E-state index contributed by atoms with van der Waals surface area (Å²) in [6, 6.07) is 31.5. The fourth-order valence-corrected chi connectivity index (χ4v) is 8.58. The van der Waals surface area contributed by atoms with Gasteiger partial charge in [-0.05, 0) is 36.4 Å². The highest BCUT2D eigenvalue weighted by atomic mass is 31.2. The first-order valence-corrected chi connectivity index (χ1v) is 13.0. The van der Waals surface area contributed by atoms with E-state index in [1.807, 2.05) is 18.2 Å². The molecule has 0 fully saturated rings. The largest absolute Gasteiger partial charge is 0.332 e. The summed E-state index contributed by atoms with van der Waals surface area (Å²) in [4.78, 5) is 34.5. The van der Waals surface area contributed by atoms with Gasteiger partial charge in [-0.2, -0.15) is 0 Å². The lowest BCUT2D eigenvalue weighted by molar-refractivity contribution is 0.703. The van der Waals surface area contributed by atoms with Gasteiger partial charge in [0.05, 0.1) is 11.9 Å². The quantitative estimate of drug-likeness (QED) is 0.373. The Morgan fingerprint density at radius 3 is 1.65 bits per heavy atom. The summed E-state index contributed by atoms with van der Waals surface area (Å²) in [6.45, 7) is 0. The van der Waals surface area contributed by atoms with Crippen molar-refractivity contribution >= 4 is 34.3 Å². The molecule has 0 bridgehead atoms. The Labute approximate surface area is 197 Å². The molecule has 2 heterocycles. The highest BCUT2D eigenvalue weighted by Gasteiger charge is 2.46. The van der Waals surface area contributed by atoms with Crippen LogP contribution in [0.25, 0.3) is 11.2 Å². The standard InChI is InChI=1S/C27H24N4O2P/c1-30-25-24(26(32)31(2)27(30)33)29-20(18-28-25)19-34(21-12-6-3-7-13-21,22-14-8-4-9-15-22)23-16-10-5-11-17-23/h3-18H,19H2,1-2H3/q+1. The van der Waals surface area contributed by atoms with E-state index >= 15 is 0 Å². The maximum atomic E-state index is 12.9. The highest BCUT2D eigenvalue weighted by molar-refractivity contribution is 7.95. The van der Waals surface area contributed by atoms with Gasteiger partial charge in [-0.15, -0.1) is 0 Å². The van der Waals surface area contributed by atoms with Gasteiger partial charge >= 0.3 is 5.69 Å². The Kier molecular flexibility index (Phi) is 5.68. The van der Waals surface area contributed by atoms with Gasteiger partial charge in [0.2, 0.25) is 0 Å². The molecule has 0 saturated heterocycles. The number of rotatable bonds is 5. The van der Waals surface area contributed by atoms with Gasteiger partial charge in [-0.3, -0.25) is 13.9 Å². The van der Waals surface area contributed by atoms with Gasteiger partial charge in [-0.25, -0.2) is 14.8 Å². The molecule has 0 aliphatic carbocycles. The van der Waals surface area contributed by atoms with E-state index in [-0.39, 0.29) is 5.52 Å². The van der Waals surface area contributed by atoms with Crippen LogP contribution in [0, 0.1) is 0 Å². The van der Waals surface area contributed by atoms with Crippen LogP contribution in [-0.2, 0) is 20.3 Å². The third-order valence-corrected chi connectivity index (χ3v) is 10.5. The van der Waals surface area contributed by atoms with Crippen molar-refractivity contribution in [2.75, 3.05) is 0 Å². The van der Waals surface area contributed by atoms with Gasteiger partial charge in [-0.1, -0.05) is 54.6 Å².